The van der Waals surface area contributed by atoms with Gasteiger partial charge in [0.15, 0.2) is 0 Å². The number of nitrogens with one attached hydrogen (secondary N) is 2. The molecule has 1 aromatic rings. The van der Waals surface area contributed by atoms with Crippen LogP contribution in [0, 0.1) is 13.8 Å². The third-order valence-corrected chi connectivity index (χ3v) is 3.80. The molecule has 0 aromatic carbocycles. The van der Waals surface area contributed by atoms with Crippen molar-refractivity contribution in [3.63, 3.8) is 0 Å². The van der Waals surface area contributed by atoms with E-state index in [2.05, 4.69) is 41.2 Å². The van der Waals surface area contributed by atoms with Gasteiger partial charge in [0.1, 0.15) is 0 Å². The third-order valence-electron chi connectivity index (χ3n) is 3.80. The van der Waals surface area contributed by atoms with Gasteiger partial charge in [-0.1, -0.05) is 6.92 Å². The first-order chi connectivity index (χ1) is 8.20. The number of aromatic nitrogens is 2. The maximum absolute atomic E-state index is 4.24. The average Bonchev–Trinajstić information content (AvgIpc) is 2.67. The van der Waals surface area contributed by atoms with Crippen LogP contribution in [0.25, 0.3) is 0 Å². The Hall–Kier alpha value is -0.870. The fraction of sp³-hybridized carbons (Fsp3) is 0.769. The predicted octanol–water partition coefficient (Wildman–Crippen LogP) is 1.60. The number of likely N-dealkylation sites (tertiary alicyclic amines) is 1. The van der Waals surface area contributed by atoms with Crippen LogP contribution in [0.4, 0.5) is 0 Å². The smallest absolute Gasteiger partial charge is 0.0638 e. The summed E-state index contributed by atoms with van der Waals surface area (Å²) in [7, 11) is 0. The molecule has 0 aliphatic carbocycles. The van der Waals surface area contributed by atoms with Gasteiger partial charge in [0.25, 0.3) is 0 Å². The zero-order valence-electron chi connectivity index (χ0n) is 11.2. The molecule has 1 aromatic heterocycles. The van der Waals surface area contributed by atoms with E-state index in [1.165, 1.54) is 43.7 Å². The van der Waals surface area contributed by atoms with E-state index in [0.29, 0.717) is 6.04 Å². The maximum Gasteiger partial charge on any atom is 0.0638 e. The van der Waals surface area contributed by atoms with Crippen molar-refractivity contribution >= 4 is 0 Å². The monoisotopic (exact) mass is 236 g/mol. The van der Waals surface area contributed by atoms with Gasteiger partial charge >= 0.3 is 0 Å². The van der Waals surface area contributed by atoms with Crippen LogP contribution < -0.4 is 5.32 Å². The molecule has 2 N–H and O–H groups in total. The molecule has 4 heteroatoms. The summed E-state index contributed by atoms with van der Waals surface area (Å²) in [5.74, 6) is 0. The van der Waals surface area contributed by atoms with Crippen molar-refractivity contribution in [2.24, 2.45) is 0 Å². The van der Waals surface area contributed by atoms with E-state index in [-0.39, 0.29) is 0 Å². The van der Waals surface area contributed by atoms with Crippen molar-refractivity contribution in [3.05, 3.63) is 17.0 Å². The van der Waals surface area contributed by atoms with E-state index in [1.807, 2.05) is 0 Å². The van der Waals surface area contributed by atoms with Crippen molar-refractivity contribution < 1.29 is 0 Å². The van der Waals surface area contributed by atoms with Crippen LogP contribution in [-0.4, -0.2) is 40.8 Å². The maximum atomic E-state index is 4.24. The highest BCUT2D eigenvalue weighted by Crippen LogP contribution is 2.13. The minimum absolute atomic E-state index is 0.636. The summed E-state index contributed by atoms with van der Waals surface area (Å²) >= 11 is 0. The summed E-state index contributed by atoms with van der Waals surface area (Å²) in [5, 5.41) is 10.9. The molecule has 1 aliphatic heterocycles. The van der Waals surface area contributed by atoms with E-state index in [9.17, 15) is 0 Å². The van der Waals surface area contributed by atoms with Gasteiger partial charge in [-0.2, -0.15) is 5.10 Å². The molecule has 1 fully saturated rings. The molecular formula is C13H24N4. The van der Waals surface area contributed by atoms with E-state index in [4.69, 9.17) is 0 Å². The zero-order chi connectivity index (χ0) is 12.3. The number of nitrogens with zero attached hydrogens (tertiary/aromatic N) is 2. The summed E-state index contributed by atoms with van der Waals surface area (Å²) in [4.78, 5) is 2.52. The minimum atomic E-state index is 0.636. The Morgan fingerprint density at radius 2 is 2.29 bits per heavy atom. The Bertz CT molecular complexity index is 339. The van der Waals surface area contributed by atoms with E-state index >= 15 is 0 Å². The number of rotatable bonds is 4. The third kappa shape index (κ3) is 3.07. The first-order valence-corrected chi connectivity index (χ1v) is 6.67. The molecule has 4 nitrogen and oxygen atoms in total. The van der Waals surface area contributed by atoms with Gasteiger partial charge in [0, 0.05) is 30.4 Å². The molecule has 2 heterocycles. The number of hydrogen-bond donors (Lipinski definition) is 2. The van der Waals surface area contributed by atoms with Crippen LogP contribution in [0.2, 0.25) is 0 Å². The van der Waals surface area contributed by atoms with Gasteiger partial charge in [0.2, 0.25) is 0 Å². The van der Waals surface area contributed by atoms with Crippen molar-refractivity contribution in [1.29, 1.82) is 0 Å². The second-order valence-electron chi connectivity index (χ2n) is 5.03. The number of likely N-dealkylation sites (N-methyl/N-ethyl adjacent to an activating group) is 1. The van der Waals surface area contributed by atoms with Crippen LogP contribution in [0.15, 0.2) is 0 Å². The summed E-state index contributed by atoms with van der Waals surface area (Å²) < 4.78 is 0. The SMILES string of the molecule is CCN1CCC[C@H](NCc2c(C)n[nH]c2C)C1. The van der Waals surface area contributed by atoms with Crippen LogP contribution in [0.5, 0.6) is 0 Å². The average molecular weight is 236 g/mol. The molecule has 0 saturated carbocycles. The Morgan fingerprint density at radius 3 is 2.94 bits per heavy atom. The van der Waals surface area contributed by atoms with Gasteiger partial charge in [-0.25, -0.2) is 0 Å². The molecule has 0 spiro atoms. The number of piperidine rings is 1. The Morgan fingerprint density at radius 1 is 1.47 bits per heavy atom. The fourth-order valence-electron chi connectivity index (χ4n) is 2.59. The summed E-state index contributed by atoms with van der Waals surface area (Å²) in [5.41, 5.74) is 3.65. The van der Waals surface area contributed by atoms with Crippen LogP contribution >= 0.6 is 0 Å². The van der Waals surface area contributed by atoms with Crippen molar-refractivity contribution in [2.45, 2.75) is 46.2 Å². The number of H-pyrrole nitrogens is 1. The Kier molecular flexibility index (Phi) is 4.18. The van der Waals surface area contributed by atoms with Gasteiger partial charge in [-0.3, -0.25) is 5.10 Å². The normalized spacial score (nSPS) is 21.9. The lowest BCUT2D eigenvalue weighted by atomic mass is 10.1. The highest BCUT2D eigenvalue weighted by atomic mass is 15.2. The zero-order valence-corrected chi connectivity index (χ0v) is 11.2. The molecule has 17 heavy (non-hydrogen) atoms. The molecule has 0 amide bonds. The second kappa shape index (κ2) is 5.65. The van der Waals surface area contributed by atoms with Crippen molar-refractivity contribution in [3.8, 4) is 0 Å². The number of aromatic amines is 1. The topological polar surface area (TPSA) is 44.0 Å². The molecular weight excluding hydrogens is 212 g/mol. The molecule has 96 valence electrons. The lowest BCUT2D eigenvalue weighted by molar-refractivity contribution is 0.198. The highest BCUT2D eigenvalue weighted by molar-refractivity contribution is 5.22. The molecule has 2 rings (SSSR count). The van der Waals surface area contributed by atoms with Crippen LogP contribution in [0.3, 0.4) is 0 Å². The van der Waals surface area contributed by atoms with Gasteiger partial charge < -0.3 is 10.2 Å². The van der Waals surface area contributed by atoms with Gasteiger partial charge in [-0.05, 0) is 39.8 Å². The van der Waals surface area contributed by atoms with Gasteiger partial charge in [-0.15, -0.1) is 0 Å². The quantitative estimate of drug-likeness (QED) is 0.834. The molecule has 1 saturated heterocycles. The van der Waals surface area contributed by atoms with Crippen molar-refractivity contribution in [2.75, 3.05) is 19.6 Å². The second-order valence-corrected chi connectivity index (χ2v) is 5.03. The number of aryl methyl sites for hydroxylation is 2. The van der Waals surface area contributed by atoms with E-state index in [0.717, 1.165) is 12.2 Å². The van der Waals surface area contributed by atoms with E-state index in [1.54, 1.807) is 0 Å². The molecule has 0 bridgehead atoms. The molecule has 1 aliphatic rings. The molecule has 1 atom stereocenters. The summed E-state index contributed by atoms with van der Waals surface area (Å²) in [6.07, 6.45) is 2.61. The first kappa shape index (κ1) is 12.6. The number of hydrogen-bond acceptors (Lipinski definition) is 3. The summed E-state index contributed by atoms with van der Waals surface area (Å²) in [6.45, 7) is 11.0. The minimum Gasteiger partial charge on any atom is -0.309 e. The van der Waals surface area contributed by atoms with E-state index < -0.39 is 0 Å². The predicted molar refractivity (Wildman–Crippen MR) is 70.0 cm³/mol. The summed E-state index contributed by atoms with van der Waals surface area (Å²) in [6, 6.07) is 0.636. The Balaban J connectivity index is 1.86. The van der Waals surface area contributed by atoms with Crippen LogP contribution in [0.1, 0.15) is 36.7 Å². The molecule has 0 unspecified atom stereocenters. The first-order valence-electron chi connectivity index (χ1n) is 6.67. The highest BCUT2D eigenvalue weighted by Gasteiger charge is 2.18. The standard InChI is InChI=1S/C13H24N4/c1-4-17-7-5-6-12(9-17)14-8-13-10(2)15-16-11(13)3/h12,14H,4-9H2,1-3H3,(H,15,16)/t12-/m0/s1. The Labute approximate surface area is 104 Å². The van der Waals surface area contributed by atoms with Crippen molar-refractivity contribution in [1.82, 2.24) is 20.4 Å². The lowest BCUT2D eigenvalue weighted by Gasteiger charge is -2.32. The van der Waals surface area contributed by atoms with Crippen LogP contribution in [-0.2, 0) is 6.54 Å². The largest absolute Gasteiger partial charge is 0.309 e. The molecule has 0 radical (unpaired) electrons. The lowest BCUT2D eigenvalue weighted by Crippen LogP contribution is -2.45. The van der Waals surface area contributed by atoms with Gasteiger partial charge in [0.05, 0.1) is 5.69 Å². The fourth-order valence-corrected chi connectivity index (χ4v) is 2.59.